The standard InChI is InChI=1S/C25H25N3O4S/c1-5-16-9-10-19-22(12-16)33-25(27-19)28(15-18-8-6-7-11-26-18)24(29)17-13-20(30-2)23(32-4)21(14-17)31-3/h6-14H,5,15H2,1-4H3. The largest absolute Gasteiger partial charge is 0.493 e. The first-order valence-electron chi connectivity index (χ1n) is 10.5. The van der Waals surface area contributed by atoms with Crippen LogP contribution in [0.4, 0.5) is 5.13 Å². The second-order valence-electron chi connectivity index (χ2n) is 7.28. The summed E-state index contributed by atoms with van der Waals surface area (Å²) in [6.45, 7) is 2.39. The molecule has 1 amide bonds. The number of hydrogen-bond acceptors (Lipinski definition) is 7. The number of benzene rings is 2. The van der Waals surface area contributed by atoms with Crippen LogP contribution in [0.25, 0.3) is 10.2 Å². The molecule has 4 rings (SSSR count). The third kappa shape index (κ3) is 4.61. The van der Waals surface area contributed by atoms with Crippen molar-refractivity contribution in [1.29, 1.82) is 0 Å². The van der Waals surface area contributed by atoms with Gasteiger partial charge >= 0.3 is 0 Å². The van der Waals surface area contributed by atoms with E-state index in [0.717, 1.165) is 22.3 Å². The van der Waals surface area contributed by atoms with Crippen LogP contribution >= 0.6 is 11.3 Å². The molecule has 0 aliphatic carbocycles. The zero-order chi connectivity index (χ0) is 23.4. The van der Waals surface area contributed by atoms with Gasteiger partial charge < -0.3 is 14.2 Å². The monoisotopic (exact) mass is 463 g/mol. The Hall–Kier alpha value is -3.65. The third-order valence-corrected chi connectivity index (χ3v) is 6.32. The molecular weight excluding hydrogens is 438 g/mol. The van der Waals surface area contributed by atoms with E-state index in [9.17, 15) is 4.79 Å². The third-order valence-electron chi connectivity index (χ3n) is 5.28. The second kappa shape index (κ2) is 9.87. The number of pyridine rings is 1. The molecule has 0 bridgehead atoms. The molecule has 4 aromatic rings. The molecule has 0 unspecified atom stereocenters. The average Bonchev–Trinajstić information content (AvgIpc) is 3.29. The molecule has 2 aromatic heterocycles. The lowest BCUT2D eigenvalue weighted by atomic mass is 10.1. The number of aromatic nitrogens is 2. The first kappa shape index (κ1) is 22.5. The van der Waals surface area contributed by atoms with Crippen molar-refractivity contribution < 1.29 is 19.0 Å². The van der Waals surface area contributed by atoms with Crippen LogP contribution in [-0.2, 0) is 13.0 Å². The number of rotatable bonds is 8. The molecule has 0 atom stereocenters. The second-order valence-corrected chi connectivity index (χ2v) is 8.29. The Morgan fingerprint density at radius 2 is 1.76 bits per heavy atom. The zero-order valence-electron chi connectivity index (χ0n) is 19.0. The molecule has 0 aliphatic heterocycles. The first-order chi connectivity index (χ1) is 16.1. The Kier molecular flexibility index (Phi) is 6.74. The van der Waals surface area contributed by atoms with Crippen molar-refractivity contribution in [3.63, 3.8) is 0 Å². The average molecular weight is 464 g/mol. The topological polar surface area (TPSA) is 73.8 Å². The summed E-state index contributed by atoms with van der Waals surface area (Å²) in [6, 6.07) is 15.1. The van der Waals surface area contributed by atoms with Gasteiger partial charge in [-0.05, 0) is 48.4 Å². The maximum absolute atomic E-state index is 13.8. The van der Waals surface area contributed by atoms with Gasteiger partial charge in [-0.1, -0.05) is 30.4 Å². The fourth-order valence-electron chi connectivity index (χ4n) is 3.53. The molecule has 8 heteroatoms. The molecule has 2 aromatic carbocycles. The minimum absolute atomic E-state index is 0.241. The summed E-state index contributed by atoms with van der Waals surface area (Å²) in [5.74, 6) is 1.01. The summed E-state index contributed by atoms with van der Waals surface area (Å²) < 4.78 is 17.3. The van der Waals surface area contributed by atoms with Crippen LogP contribution < -0.4 is 19.1 Å². The fraction of sp³-hybridized carbons (Fsp3) is 0.240. The van der Waals surface area contributed by atoms with Crippen molar-refractivity contribution in [3.8, 4) is 17.2 Å². The minimum atomic E-state index is -0.241. The number of hydrogen-bond donors (Lipinski definition) is 0. The Balaban J connectivity index is 1.81. The van der Waals surface area contributed by atoms with Gasteiger partial charge in [-0.3, -0.25) is 14.7 Å². The number of methoxy groups -OCH3 is 3. The summed E-state index contributed by atoms with van der Waals surface area (Å²) >= 11 is 1.48. The van der Waals surface area contributed by atoms with Gasteiger partial charge in [0.1, 0.15) is 0 Å². The number of thiazole rings is 1. The van der Waals surface area contributed by atoms with E-state index in [-0.39, 0.29) is 12.5 Å². The molecule has 0 N–H and O–H groups in total. The van der Waals surface area contributed by atoms with E-state index in [0.29, 0.717) is 27.9 Å². The summed E-state index contributed by atoms with van der Waals surface area (Å²) in [5.41, 5.74) is 3.24. The SMILES string of the molecule is CCc1ccc2nc(N(Cc3ccccn3)C(=O)c3cc(OC)c(OC)c(OC)c3)sc2c1. The van der Waals surface area contributed by atoms with Crippen LogP contribution in [-0.4, -0.2) is 37.2 Å². The molecule has 170 valence electrons. The van der Waals surface area contributed by atoms with Crippen molar-refractivity contribution in [2.45, 2.75) is 19.9 Å². The van der Waals surface area contributed by atoms with E-state index in [2.05, 4.69) is 24.0 Å². The lowest BCUT2D eigenvalue weighted by molar-refractivity contribution is 0.0984. The highest BCUT2D eigenvalue weighted by atomic mass is 32.1. The molecule has 0 saturated carbocycles. The van der Waals surface area contributed by atoms with Gasteiger partial charge in [0.15, 0.2) is 16.6 Å². The molecule has 33 heavy (non-hydrogen) atoms. The van der Waals surface area contributed by atoms with Crippen molar-refractivity contribution >= 4 is 32.6 Å². The molecule has 0 saturated heterocycles. The van der Waals surface area contributed by atoms with Gasteiger partial charge in [-0.25, -0.2) is 4.98 Å². The molecule has 2 heterocycles. The number of ether oxygens (including phenoxy) is 3. The number of amides is 1. The highest BCUT2D eigenvalue weighted by molar-refractivity contribution is 7.22. The summed E-state index contributed by atoms with van der Waals surface area (Å²) in [7, 11) is 4.58. The van der Waals surface area contributed by atoms with Crippen LogP contribution in [0.15, 0.2) is 54.7 Å². The number of fused-ring (bicyclic) bond motifs is 1. The predicted molar refractivity (Wildman–Crippen MR) is 130 cm³/mol. The summed E-state index contributed by atoms with van der Waals surface area (Å²) in [6.07, 6.45) is 2.65. The highest BCUT2D eigenvalue weighted by Gasteiger charge is 2.25. The lowest BCUT2D eigenvalue weighted by Gasteiger charge is -2.21. The van der Waals surface area contributed by atoms with Crippen LogP contribution in [0.2, 0.25) is 0 Å². The number of carbonyl (C=O) groups is 1. The van der Waals surface area contributed by atoms with Gasteiger partial charge in [0.05, 0.1) is 43.8 Å². The number of nitrogens with zero attached hydrogens (tertiary/aromatic N) is 3. The summed E-state index contributed by atoms with van der Waals surface area (Å²) in [4.78, 5) is 24.6. The number of carbonyl (C=O) groups excluding carboxylic acids is 1. The molecule has 0 aliphatic rings. The Bertz CT molecular complexity index is 1250. The van der Waals surface area contributed by atoms with Crippen LogP contribution in [0.5, 0.6) is 17.2 Å². The quantitative estimate of drug-likeness (QED) is 0.361. The van der Waals surface area contributed by atoms with E-state index in [1.165, 1.54) is 38.2 Å². The highest BCUT2D eigenvalue weighted by Crippen LogP contribution is 2.39. The van der Waals surface area contributed by atoms with Gasteiger partial charge in [0, 0.05) is 11.8 Å². The maximum atomic E-state index is 13.8. The molecule has 7 nitrogen and oxygen atoms in total. The van der Waals surface area contributed by atoms with Crippen LogP contribution in [0.1, 0.15) is 28.5 Å². The van der Waals surface area contributed by atoms with E-state index in [1.54, 1.807) is 23.2 Å². The lowest BCUT2D eigenvalue weighted by Crippen LogP contribution is -2.30. The van der Waals surface area contributed by atoms with E-state index in [4.69, 9.17) is 19.2 Å². The van der Waals surface area contributed by atoms with Gasteiger partial charge in [-0.2, -0.15) is 0 Å². The van der Waals surface area contributed by atoms with E-state index < -0.39 is 0 Å². The van der Waals surface area contributed by atoms with E-state index in [1.807, 2.05) is 24.3 Å². The smallest absolute Gasteiger partial charge is 0.260 e. The number of anilines is 1. The van der Waals surface area contributed by atoms with Crippen LogP contribution in [0.3, 0.4) is 0 Å². The fourth-order valence-corrected chi connectivity index (χ4v) is 4.56. The molecular formula is C25H25N3O4S. The molecule has 0 spiro atoms. The zero-order valence-corrected chi connectivity index (χ0v) is 19.8. The maximum Gasteiger partial charge on any atom is 0.260 e. The predicted octanol–water partition coefficient (Wildman–Crippen LogP) is 5.13. The Labute approximate surface area is 196 Å². The van der Waals surface area contributed by atoms with Crippen molar-refractivity contribution in [2.24, 2.45) is 0 Å². The van der Waals surface area contributed by atoms with Gasteiger partial charge in [0.2, 0.25) is 5.75 Å². The Morgan fingerprint density at radius 3 is 2.36 bits per heavy atom. The molecule has 0 radical (unpaired) electrons. The van der Waals surface area contributed by atoms with Gasteiger partial charge in [-0.15, -0.1) is 0 Å². The van der Waals surface area contributed by atoms with Crippen molar-refractivity contribution in [1.82, 2.24) is 9.97 Å². The minimum Gasteiger partial charge on any atom is -0.493 e. The Morgan fingerprint density at radius 1 is 1.00 bits per heavy atom. The van der Waals surface area contributed by atoms with Gasteiger partial charge in [0.25, 0.3) is 5.91 Å². The van der Waals surface area contributed by atoms with Crippen molar-refractivity contribution in [2.75, 3.05) is 26.2 Å². The van der Waals surface area contributed by atoms with Crippen LogP contribution in [0, 0.1) is 0 Å². The van der Waals surface area contributed by atoms with E-state index >= 15 is 0 Å². The molecule has 0 fully saturated rings. The normalized spacial score (nSPS) is 10.8. The number of aryl methyl sites for hydroxylation is 1. The van der Waals surface area contributed by atoms with Crippen molar-refractivity contribution in [3.05, 3.63) is 71.5 Å². The summed E-state index contributed by atoms with van der Waals surface area (Å²) in [5, 5.41) is 0.600. The first-order valence-corrected chi connectivity index (χ1v) is 11.3.